The minimum atomic E-state index is -0.420. The molecule has 2 aromatic heterocycles. The maximum Gasteiger partial charge on any atom is 0.339 e. The van der Waals surface area contributed by atoms with Gasteiger partial charge in [0.2, 0.25) is 0 Å². The highest BCUT2D eigenvalue weighted by atomic mass is 32.2. The minimum Gasteiger partial charge on any atom is -0.455 e. The second kappa shape index (κ2) is 8.70. The predicted molar refractivity (Wildman–Crippen MR) is 106 cm³/mol. The second-order valence-electron chi connectivity index (χ2n) is 6.13. The van der Waals surface area contributed by atoms with Gasteiger partial charge in [-0.25, -0.2) is 4.79 Å². The van der Waals surface area contributed by atoms with Crippen LogP contribution in [0.4, 0.5) is 0 Å². The van der Waals surface area contributed by atoms with E-state index in [0.717, 1.165) is 10.6 Å². The third-order valence-corrected chi connectivity index (χ3v) is 5.10. The maximum absolute atomic E-state index is 12.6. The summed E-state index contributed by atoms with van der Waals surface area (Å²) in [6.45, 7) is 1.84. The molecule has 0 atom stereocenters. The molecule has 4 rings (SSSR count). The van der Waals surface area contributed by atoms with Crippen LogP contribution in [0.15, 0.2) is 70.1 Å². The van der Waals surface area contributed by atoms with Gasteiger partial charge in [0, 0.05) is 11.0 Å². The van der Waals surface area contributed by atoms with Crippen molar-refractivity contribution in [2.75, 3.05) is 0 Å². The molecule has 0 N–H and O–H groups in total. The zero-order valence-corrected chi connectivity index (χ0v) is 16.4. The lowest BCUT2D eigenvalue weighted by atomic mass is 10.2. The first kappa shape index (κ1) is 18.9. The number of aryl methyl sites for hydroxylation is 1. The first-order valence-corrected chi connectivity index (χ1v) is 9.83. The Morgan fingerprint density at radius 3 is 2.72 bits per heavy atom. The molecule has 0 spiro atoms. The van der Waals surface area contributed by atoms with Crippen LogP contribution >= 0.6 is 11.8 Å². The maximum atomic E-state index is 12.6. The van der Waals surface area contributed by atoms with Gasteiger partial charge in [-0.1, -0.05) is 35.5 Å². The standard InChI is InChI=1S/C20H17N5O3S/c1-14-11-15(22-28-14)12-27-20(26)17-9-5-6-10-18(17)29-13-19-21-23-24-25(19)16-7-3-2-4-8-16/h2-11H,12-13H2,1H3. The number of hydrogen-bond donors (Lipinski definition) is 0. The van der Waals surface area contributed by atoms with E-state index in [-0.39, 0.29) is 6.61 Å². The van der Waals surface area contributed by atoms with Gasteiger partial charge in [0.25, 0.3) is 0 Å². The van der Waals surface area contributed by atoms with Crippen molar-refractivity contribution >= 4 is 17.7 Å². The van der Waals surface area contributed by atoms with Crippen molar-refractivity contribution in [3.63, 3.8) is 0 Å². The summed E-state index contributed by atoms with van der Waals surface area (Å²) in [4.78, 5) is 13.3. The summed E-state index contributed by atoms with van der Waals surface area (Å²) >= 11 is 1.47. The summed E-state index contributed by atoms with van der Waals surface area (Å²) in [7, 11) is 0. The Balaban J connectivity index is 1.45. The number of carbonyl (C=O) groups excluding carboxylic acids is 1. The summed E-state index contributed by atoms with van der Waals surface area (Å²) in [6.07, 6.45) is 0. The van der Waals surface area contributed by atoms with E-state index < -0.39 is 5.97 Å². The van der Waals surface area contributed by atoms with Crippen LogP contribution in [-0.2, 0) is 17.1 Å². The van der Waals surface area contributed by atoms with E-state index in [0.29, 0.717) is 28.6 Å². The van der Waals surface area contributed by atoms with Crippen LogP contribution in [0.3, 0.4) is 0 Å². The fourth-order valence-electron chi connectivity index (χ4n) is 2.67. The van der Waals surface area contributed by atoms with Crippen LogP contribution in [0.5, 0.6) is 0 Å². The molecule has 0 radical (unpaired) electrons. The van der Waals surface area contributed by atoms with Crippen LogP contribution in [0.1, 0.15) is 27.6 Å². The zero-order chi connectivity index (χ0) is 20.1. The minimum absolute atomic E-state index is 0.0570. The van der Waals surface area contributed by atoms with Crippen molar-refractivity contribution in [1.29, 1.82) is 0 Å². The van der Waals surface area contributed by atoms with Crippen molar-refractivity contribution in [3.05, 3.63) is 83.5 Å². The van der Waals surface area contributed by atoms with Crippen LogP contribution in [-0.4, -0.2) is 31.3 Å². The third kappa shape index (κ3) is 4.52. The molecular weight excluding hydrogens is 390 g/mol. The molecule has 0 aliphatic carbocycles. The van der Waals surface area contributed by atoms with Gasteiger partial charge in [0.05, 0.1) is 17.0 Å². The van der Waals surface area contributed by atoms with Crippen LogP contribution in [0, 0.1) is 6.92 Å². The molecule has 9 heteroatoms. The Hall–Kier alpha value is -3.46. The highest BCUT2D eigenvalue weighted by Crippen LogP contribution is 2.27. The quantitative estimate of drug-likeness (QED) is 0.339. The van der Waals surface area contributed by atoms with Gasteiger partial charge in [0.1, 0.15) is 18.1 Å². The van der Waals surface area contributed by atoms with Crippen molar-refractivity contribution < 1.29 is 14.1 Å². The number of hydrogen-bond acceptors (Lipinski definition) is 8. The number of para-hydroxylation sites is 1. The molecular formula is C20H17N5O3S. The molecule has 146 valence electrons. The summed E-state index contributed by atoms with van der Waals surface area (Å²) in [6, 6.07) is 18.7. The van der Waals surface area contributed by atoms with Crippen LogP contribution in [0.2, 0.25) is 0 Å². The van der Waals surface area contributed by atoms with E-state index >= 15 is 0 Å². The number of carbonyl (C=O) groups is 1. The van der Waals surface area contributed by atoms with Crippen LogP contribution < -0.4 is 0 Å². The number of rotatable bonds is 7. The van der Waals surface area contributed by atoms with E-state index in [1.165, 1.54) is 11.8 Å². The normalized spacial score (nSPS) is 10.8. The molecule has 4 aromatic rings. The third-order valence-electron chi connectivity index (χ3n) is 4.03. The fraction of sp³-hybridized carbons (Fsp3) is 0.150. The Morgan fingerprint density at radius 1 is 1.14 bits per heavy atom. The van der Waals surface area contributed by atoms with E-state index in [1.807, 2.05) is 42.5 Å². The van der Waals surface area contributed by atoms with Crippen molar-refractivity contribution in [3.8, 4) is 5.69 Å². The number of esters is 1. The van der Waals surface area contributed by atoms with Crippen molar-refractivity contribution in [2.45, 2.75) is 24.2 Å². The van der Waals surface area contributed by atoms with Gasteiger partial charge in [-0.05, 0) is 41.6 Å². The van der Waals surface area contributed by atoms with E-state index in [9.17, 15) is 4.79 Å². The smallest absolute Gasteiger partial charge is 0.339 e. The van der Waals surface area contributed by atoms with Gasteiger partial charge < -0.3 is 9.26 Å². The predicted octanol–water partition coefficient (Wildman–Crippen LogP) is 3.61. The Morgan fingerprint density at radius 2 is 1.93 bits per heavy atom. The number of ether oxygens (including phenoxy) is 1. The van der Waals surface area contributed by atoms with Gasteiger partial charge >= 0.3 is 5.97 Å². The number of benzene rings is 2. The van der Waals surface area contributed by atoms with Crippen molar-refractivity contribution in [2.24, 2.45) is 0 Å². The molecule has 0 fully saturated rings. The van der Waals surface area contributed by atoms with E-state index in [4.69, 9.17) is 9.26 Å². The highest BCUT2D eigenvalue weighted by molar-refractivity contribution is 7.98. The number of nitrogens with zero attached hydrogens (tertiary/aromatic N) is 5. The summed E-state index contributed by atoms with van der Waals surface area (Å²) < 4.78 is 12.0. The summed E-state index contributed by atoms with van der Waals surface area (Å²) in [5, 5.41) is 15.8. The molecule has 8 nitrogen and oxygen atoms in total. The zero-order valence-electron chi connectivity index (χ0n) is 15.6. The molecule has 2 aromatic carbocycles. The molecule has 29 heavy (non-hydrogen) atoms. The number of aromatic nitrogens is 5. The van der Waals surface area contributed by atoms with Gasteiger partial charge in [-0.15, -0.1) is 16.9 Å². The molecule has 0 saturated heterocycles. The molecule has 0 saturated carbocycles. The van der Waals surface area contributed by atoms with Crippen LogP contribution in [0.25, 0.3) is 5.69 Å². The topological polar surface area (TPSA) is 95.9 Å². The lowest BCUT2D eigenvalue weighted by molar-refractivity contribution is 0.0460. The lowest BCUT2D eigenvalue weighted by Crippen LogP contribution is -2.07. The number of thioether (sulfide) groups is 1. The van der Waals surface area contributed by atoms with Gasteiger partial charge in [0.15, 0.2) is 5.82 Å². The van der Waals surface area contributed by atoms with E-state index in [2.05, 4.69) is 20.7 Å². The molecule has 0 aliphatic rings. The molecule has 0 amide bonds. The summed E-state index contributed by atoms with van der Waals surface area (Å²) in [5.74, 6) is 1.43. The summed E-state index contributed by atoms with van der Waals surface area (Å²) in [5.41, 5.74) is 1.93. The monoisotopic (exact) mass is 407 g/mol. The average Bonchev–Trinajstić information content (AvgIpc) is 3.40. The molecule has 0 bridgehead atoms. The Bertz CT molecular complexity index is 1110. The molecule has 0 aliphatic heterocycles. The lowest BCUT2D eigenvalue weighted by Gasteiger charge is -2.09. The largest absolute Gasteiger partial charge is 0.455 e. The van der Waals surface area contributed by atoms with Crippen molar-refractivity contribution in [1.82, 2.24) is 25.4 Å². The SMILES string of the molecule is Cc1cc(COC(=O)c2ccccc2SCc2nnnn2-c2ccccc2)no1. The van der Waals surface area contributed by atoms with Gasteiger partial charge in [-0.3, -0.25) is 0 Å². The second-order valence-corrected chi connectivity index (χ2v) is 7.15. The Labute approximate surface area is 170 Å². The van der Waals surface area contributed by atoms with E-state index in [1.54, 1.807) is 29.8 Å². The average molecular weight is 407 g/mol. The Kier molecular flexibility index (Phi) is 5.66. The first-order valence-electron chi connectivity index (χ1n) is 8.84. The highest BCUT2D eigenvalue weighted by Gasteiger charge is 2.16. The number of tetrazole rings is 1. The first-order chi connectivity index (χ1) is 14.2. The fourth-order valence-corrected chi connectivity index (χ4v) is 3.62. The molecule has 2 heterocycles. The molecule has 0 unspecified atom stereocenters. The van der Waals surface area contributed by atoms with Gasteiger partial charge in [-0.2, -0.15) is 4.68 Å².